The highest BCUT2D eigenvalue weighted by Crippen LogP contribution is 2.23. The van der Waals surface area contributed by atoms with E-state index in [1.165, 1.54) is 25.3 Å². The summed E-state index contributed by atoms with van der Waals surface area (Å²) < 4.78 is 10.5. The summed E-state index contributed by atoms with van der Waals surface area (Å²) in [5, 5.41) is 12.8. The van der Waals surface area contributed by atoms with Crippen LogP contribution in [-0.2, 0) is 16.1 Å². The van der Waals surface area contributed by atoms with Crippen molar-refractivity contribution in [2.24, 2.45) is 0 Å². The number of amides is 1. The fraction of sp³-hybridized carbons (Fsp3) is 0.0800. The average Bonchev–Trinajstić information content (AvgIpc) is 2.81. The summed E-state index contributed by atoms with van der Waals surface area (Å²) in [5.41, 5.74) is 2.18. The van der Waals surface area contributed by atoms with Gasteiger partial charge in [0.15, 0.2) is 0 Å². The third kappa shape index (κ3) is 5.97. The monoisotopic (exact) mass is 446 g/mol. The van der Waals surface area contributed by atoms with Gasteiger partial charge in [0.1, 0.15) is 24.0 Å². The second kappa shape index (κ2) is 10.8. The Kier molecular flexibility index (Phi) is 7.63. The predicted molar refractivity (Wildman–Crippen MR) is 122 cm³/mol. The number of ether oxygens (including phenoxy) is 2. The fourth-order valence-electron chi connectivity index (χ4n) is 2.83. The number of hydrogen-bond donors (Lipinski definition) is 1. The summed E-state index contributed by atoms with van der Waals surface area (Å²) in [6.45, 7) is 0.284. The molecular formula is C25H19ClN2O4. The van der Waals surface area contributed by atoms with Gasteiger partial charge < -0.3 is 14.8 Å². The number of benzene rings is 3. The Bertz CT molecular complexity index is 1200. The summed E-state index contributed by atoms with van der Waals surface area (Å²) in [7, 11) is 1.29. The molecule has 0 fully saturated rings. The van der Waals surface area contributed by atoms with Crippen LogP contribution >= 0.6 is 11.6 Å². The smallest absolute Gasteiger partial charge is 0.337 e. The Labute approximate surface area is 190 Å². The van der Waals surface area contributed by atoms with Crippen molar-refractivity contribution in [3.63, 3.8) is 0 Å². The molecule has 0 saturated heterocycles. The van der Waals surface area contributed by atoms with Gasteiger partial charge in [-0.15, -0.1) is 0 Å². The Morgan fingerprint density at radius 2 is 1.81 bits per heavy atom. The number of carbonyl (C=O) groups excluding carboxylic acids is 2. The van der Waals surface area contributed by atoms with E-state index in [1.807, 2.05) is 18.2 Å². The maximum atomic E-state index is 12.6. The van der Waals surface area contributed by atoms with Gasteiger partial charge >= 0.3 is 5.97 Å². The minimum atomic E-state index is -0.581. The zero-order valence-corrected chi connectivity index (χ0v) is 17.9. The van der Waals surface area contributed by atoms with Crippen LogP contribution in [0.25, 0.3) is 6.08 Å². The first-order chi connectivity index (χ1) is 15.5. The van der Waals surface area contributed by atoms with Crippen LogP contribution in [-0.4, -0.2) is 19.0 Å². The predicted octanol–water partition coefficient (Wildman–Crippen LogP) is 5.25. The van der Waals surface area contributed by atoms with Crippen LogP contribution < -0.4 is 10.1 Å². The van der Waals surface area contributed by atoms with Crippen LogP contribution in [0.15, 0.2) is 78.4 Å². The molecule has 3 rings (SSSR count). The number of carbonyl (C=O) groups is 2. The number of hydrogen-bond acceptors (Lipinski definition) is 5. The topological polar surface area (TPSA) is 88.4 Å². The molecule has 0 heterocycles. The molecule has 0 aliphatic carbocycles. The molecule has 160 valence electrons. The van der Waals surface area contributed by atoms with Crippen molar-refractivity contribution in [1.82, 2.24) is 0 Å². The largest absolute Gasteiger partial charge is 0.488 e. The quantitative estimate of drug-likeness (QED) is 0.304. The Morgan fingerprint density at radius 1 is 1.06 bits per heavy atom. The lowest BCUT2D eigenvalue weighted by molar-refractivity contribution is -0.112. The number of nitrogens with zero attached hydrogens (tertiary/aromatic N) is 1. The molecule has 0 atom stereocenters. The first-order valence-electron chi connectivity index (χ1n) is 9.58. The van der Waals surface area contributed by atoms with Gasteiger partial charge in [0, 0.05) is 16.3 Å². The Hall–Kier alpha value is -4.08. The zero-order chi connectivity index (χ0) is 22.9. The summed E-state index contributed by atoms with van der Waals surface area (Å²) in [6, 6.07) is 22.5. The fourth-order valence-corrected chi connectivity index (χ4v) is 3.04. The molecule has 0 spiro atoms. The molecule has 32 heavy (non-hydrogen) atoms. The van der Waals surface area contributed by atoms with Crippen molar-refractivity contribution < 1.29 is 19.1 Å². The highest BCUT2D eigenvalue weighted by atomic mass is 35.5. The van der Waals surface area contributed by atoms with Crippen molar-refractivity contribution in [2.45, 2.75) is 6.61 Å². The number of nitrogens with one attached hydrogen (secondary N) is 1. The minimum Gasteiger partial charge on any atom is -0.488 e. The van der Waals surface area contributed by atoms with Gasteiger partial charge in [0.2, 0.25) is 0 Å². The number of nitriles is 1. The van der Waals surface area contributed by atoms with Gasteiger partial charge in [0.05, 0.1) is 12.7 Å². The van der Waals surface area contributed by atoms with E-state index in [4.69, 9.17) is 16.3 Å². The third-order valence-corrected chi connectivity index (χ3v) is 4.67. The molecule has 3 aromatic carbocycles. The van der Waals surface area contributed by atoms with Crippen molar-refractivity contribution in [1.29, 1.82) is 5.26 Å². The normalized spacial score (nSPS) is 10.7. The van der Waals surface area contributed by atoms with Crippen molar-refractivity contribution in [3.05, 3.63) is 100 Å². The van der Waals surface area contributed by atoms with Crippen LogP contribution in [0.5, 0.6) is 5.75 Å². The van der Waals surface area contributed by atoms with E-state index in [9.17, 15) is 14.9 Å². The van der Waals surface area contributed by atoms with E-state index in [-0.39, 0.29) is 12.2 Å². The molecule has 1 amide bonds. The lowest BCUT2D eigenvalue weighted by Crippen LogP contribution is -2.13. The van der Waals surface area contributed by atoms with Crippen molar-refractivity contribution in [3.8, 4) is 11.8 Å². The first-order valence-corrected chi connectivity index (χ1v) is 9.95. The Morgan fingerprint density at radius 3 is 2.50 bits per heavy atom. The maximum Gasteiger partial charge on any atom is 0.337 e. The molecule has 0 aliphatic heterocycles. The van der Waals surface area contributed by atoms with E-state index in [2.05, 4.69) is 10.1 Å². The van der Waals surface area contributed by atoms with Gasteiger partial charge in [-0.05, 0) is 54.1 Å². The van der Waals surface area contributed by atoms with Crippen LogP contribution in [0.2, 0.25) is 5.02 Å². The molecule has 6 nitrogen and oxygen atoms in total. The summed E-state index contributed by atoms with van der Waals surface area (Å²) >= 11 is 6.01. The number of anilines is 1. The van der Waals surface area contributed by atoms with Crippen molar-refractivity contribution >= 4 is 35.2 Å². The van der Waals surface area contributed by atoms with E-state index in [0.29, 0.717) is 27.6 Å². The lowest BCUT2D eigenvalue weighted by atomic mass is 10.1. The summed E-state index contributed by atoms with van der Waals surface area (Å²) in [6.07, 6.45) is 1.46. The lowest BCUT2D eigenvalue weighted by Gasteiger charge is -2.10. The summed E-state index contributed by atoms with van der Waals surface area (Å²) in [5.74, 6) is -0.534. The van der Waals surface area contributed by atoms with Crippen LogP contribution in [0, 0.1) is 11.3 Å². The standard InChI is InChI=1S/C25H19ClN2O4/c1-31-25(30)18-9-11-22(12-10-18)28-24(29)20(15-27)14-19-6-2-3-8-23(19)32-16-17-5-4-7-21(26)13-17/h2-14H,16H2,1H3,(H,28,29)/b20-14+. The van der Waals surface area contributed by atoms with Crippen LogP contribution in [0.4, 0.5) is 5.69 Å². The van der Waals surface area contributed by atoms with Gasteiger partial charge in [-0.1, -0.05) is 41.9 Å². The van der Waals surface area contributed by atoms with Gasteiger partial charge in [-0.3, -0.25) is 4.79 Å². The second-order valence-corrected chi connectivity index (χ2v) is 7.09. The van der Waals surface area contributed by atoms with E-state index in [0.717, 1.165) is 5.56 Å². The highest BCUT2D eigenvalue weighted by Gasteiger charge is 2.12. The van der Waals surface area contributed by atoms with E-state index in [1.54, 1.807) is 48.5 Å². The molecule has 3 aromatic rings. The molecule has 0 aliphatic rings. The molecule has 0 unspecified atom stereocenters. The summed E-state index contributed by atoms with van der Waals surface area (Å²) in [4.78, 5) is 24.1. The number of para-hydroxylation sites is 1. The minimum absolute atomic E-state index is 0.0964. The molecular weight excluding hydrogens is 428 g/mol. The third-order valence-electron chi connectivity index (χ3n) is 4.43. The molecule has 0 bridgehead atoms. The van der Waals surface area contributed by atoms with Crippen LogP contribution in [0.3, 0.4) is 0 Å². The molecule has 0 saturated carbocycles. The molecule has 1 N–H and O–H groups in total. The number of esters is 1. The van der Waals surface area contributed by atoms with Gasteiger partial charge in [-0.2, -0.15) is 5.26 Å². The second-order valence-electron chi connectivity index (χ2n) is 6.65. The average molecular weight is 447 g/mol. The first kappa shape index (κ1) is 22.6. The molecule has 0 aromatic heterocycles. The molecule has 7 heteroatoms. The van der Waals surface area contributed by atoms with Gasteiger partial charge in [0.25, 0.3) is 5.91 Å². The van der Waals surface area contributed by atoms with Gasteiger partial charge in [-0.25, -0.2) is 4.79 Å². The van der Waals surface area contributed by atoms with E-state index >= 15 is 0 Å². The van der Waals surface area contributed by atoms with Crippen molar-refractivity contribution in [2.75, 3.05) is 12.4 Å². The number of methoxy groups -OCH3 is 1. The highest BCUT2D eigenvalue weighted by molar-refractivity contribution is 6.30. The SMILES string of the molecule is COC(=O)c1ccc(NC(=O)/C(C#N)=C/c2ccccc2OCc2cccc(Cl)c2)cc1. The van der Waals surface area contributed by atoms with E-state index < -0.39 is 11.9 Å². The number of rotatable bonds is 7. The maximum absolute atomic E-state index is 12.6. The zero-order valence-electron chi connectivity index (χ0n) is 17.2. The van der Waals surface area contributed by atoms with Crippen LogP contribution in [0.1, 0.15) is 21.5 Å². The Balaban J connectivity index is 1.75. The molecule has 0 radical (unpaired) electrons. The number of halogens is 1.